The second-order valence-electron chi connectivity index (χ2n) is 15.7. The summed E-state index contributed by atoms with van der Waals surface area (Å²) in [5.74, 6) is -7.61. The van der Waals surface area contributed by atoms with E-state index in [1.807, 2.05) is 27.7 Å². The van der Waals surface area contributed by atoms with Crippen LogP contribution in [-0.4, -0.2) is 95.0 Å². The van der Waals surface area contributed by atoms with Crippen molar-refractivity contribution < 1.29 is 72.1 Å². The van der Waals surface area contributed by atoms with Crippen LogP contribution in [0.4, 0.5) is 0 Å². The Balaban J connectivity index is 2.50. The zero-order chi connectivity index (χ0) is 39.7. The van der Waals surface area contributed by atoms with Crippen LogP contribution in [0.15, 0.2) is 11.8 Å². The quantitative estimate of drug-likeness (QED) is 0.152. The van der Waals surface area contributed by atoms with E-state index in [0.29, 0.717) is 0 Å². The molecule has 1 saturated carbocycles. The summed E-state index contributed by atoms with van der Waals surface area (Å²) in [6, 6.07) is 0. The van der Waals surface area contributed by atoms with Gasteiger partial charge < -0.3 is 43.4 Å². The molecular formula is C37H58O15. The van der Waals surface area contributed by atoms with E-state index in [1.54, 1.807) is 41.5 Å². The zero-order valence-corrected chi connectivity index (χ0v) is 32.3. The molecule has 7 atom stereocenters. The minimum absolute atomic E-state index is 0.0173. The third-order valence-corrected chi connectivity index (χ3v) is 8.57. The summed E-state index contributed by atoms with van der Waals surface area (Å²) < 4.78 is 38.6. The van der Waals surface area contributed by atoms with Gasteiger partial charge in [0.25, 0.3) is 6.29 Å². The normalized spacial score (nSPS) is 25.2. The van der Waals surface area contributed by atoms with Gasteiger partial charge in [-0.1, -0.05) is 69.2 Å². The van der Waals surface area contributed by atoms with Crippen LogP contribution >= 0.6 is 0 Å². The fourth-order valence-corrected chi connectivity index (χ4v) is 6.07. The topological polar surface area (TPSA) is 207 Å². The Kier molecular flexibility index (Phi) is 16.1. The Morgan fingerprint density at radius 1 is 0.731 bits per heavy atom. The van der Waals surface area contributed by atoms with Gasteiger partial charge in [-0.25, -0.2) is 9.59 Å². The largest absolute Gasteiger partial charge is 0.462 e. The van der Waals surface area contributed by atoms with Gasteiger partial charge in [-0.15, -0.1) is 0 Å². The molecule has 52 heavy (non-hydrogen) atoms. The highest BCUT2D eigenvalue weighted by molar-refractivity contribution is 5.80. The fraction of sp³-hybridized carbons (Fsp3) is 0.784. The molecule has 15 nitrogen and oxygen atoms in total. The molecule has 0 radical (unpaired) electrons. The molecule has 296 valence electrons. The summed E-state index contributed by atoms with van der Waals surface area (Å²) in [5, 5.41) is 24.7. The molecule has 0 saturated heterocycles. The first kappa shape index (κ1) is 44.4. The first-order valence-electron chi connectivity index (χ1n) is 17.9. The van der Waals surface area contributed by atoms with Crippen molar-refractivity contribution in [1.82, 2.24) is 0 Å². The number of aliphatic hydroxyl groups is 2. The van der Waals surface area contributed by atoms with Gasteiger partial charge in [0.1, 0.15) is 36.4 Å². The molecule has 1 aliphatic carbocycles. The van der Waals surface area contributed by atoms with Gasteiger partial charge in [0.05, 0.1) is 6.26 Å². The minimum Gasteiger partial charge on any atom is -0.462 e. The highest BCUT2D eigenvalue weighted by Gasteiger charge is 2.70. The summed E-state index contributed by atoms with van der Waals surface area (Å²) in [7, 11) is 0. The van der Waals surface area contributed by atoms with E-state index in [2.05, 4.69) is 0 Å². The first-order valence-corrected chi connectivity index (χ1v) is 17.9. The van der Waals surface area contributed by atoms with Crippen LogP contribution in [0.3, 0.4) is 0 Å². The van der Waals surface area contributed by atoms with Gasteiger partial charge in [0.2, 0.25) is 12.2 Å². The summed E-state index contributed by atoms with van der Waals surface area (Å²) in [5.41, 5.74) is -4.80. The number of ether oxygens (including phenoxy) is 7. The van der Waals surface area contributed by atoms with Crippen LogP contribution in [0.1, 0.15) is 102 Å². The molecule has 0 bridgehead atoms. The van der Waals surface area contributed by atoms with Gasteiger partial charge in [0, 0.05) is 50.0 Å². The van der Waals surface area contributed by atoms with Crippen molar-refractivity contribution in [3.8, 4) is 0 Å². The number of hydrogen-bond acceptors (Lipinski definition) is 15. The number of esters is 6. The molecule has 2 N–H and O–H groups in total. The second kappa shape index (κ2) is 18.9. The number of carbonyl (C=O) groups is 6. The lowest BCUT2D eigenvalue weighted by Crippen LogP contribution is -2.60. The monoisotopic (exact) mass is 742 g/mol. The summed E-state index contributed by atoms with van der Waals surface area (Å²) >= 11 is 0. The summed E-state index contributed by atoms with van der Waals surface area (Å²) in [6.45, 7) is 16.9. The van der Waals surface area contributed by atoms with Crippen molar-refractivity contribution >= 4 is 35.8 Å². The maximum atomic E-state index is 13.3. The highest BCUT2D eigenvalue weighted by atomic mass is 16.7. The lowest BCUT2D eigenvalue weighted by atomic mass is 9.77. The predicted octanol–water partition coefficient (Wildman–Crippen LogP) is 3.54. The molecule has 0 spiro atoms. The van der Waals surface area contributed by atoms with Crippen molar-refractivity contribution in [2.75, 3.05) is 13.2 Å². The van der Waals surface area contributed by atoms with Crippen LogP contribution in [-0.2, 0) is 61.9 Å². The smallest absolute Gasteiger partial charge is 0.348 e. The molecule has 0 aromatic rings. The number of hydrogen-bond donors (Lipinski definition) is 2. The Hall–Kier alpha value is -3.72. The molecule has 2 aliphatic rings. The number of rotatable bonds is 18. The van der Waals surface area contributed by atoms with Gasteiger partial charge in [-0.05, 0) is 17.8 Å². The highest BCUT2D eigenvalue weighted by Crippen LogP contribution is 2.53. The first-order chi connectivity index (χ1) is 24.0. The van der Waals surface area contributed by atoms with Gasteiger partial charge >= 0.3 is 35.8 Å². The second-order valence-corrected chi connectivity index (χ2v) is 15.7. The lowest BCUT2D eigenvalue weighted by molar-refractivity contribution is -0.242. The van der Waals surface area contributed by atoms with E-state index in [0.717, 1.165) is 13.2 Å². The van der Waals surface area contributed by atoms with Crippen LogP contribution in [0.2, 0.25) is 0 Å². The van der Waals surface area contributed by atoms with Crippen molar-refractivity contribution in [2.45, 2.75) is 138 Å². The fourth-order valence-electron chi connectivity index (χ4n) is 6.07. The van der Waals surface area contributed by atoms with Crippen LogP contribution in [0.5, 0.6) is 0 Å². The Bertz CT molecular complexity index is 1320. The molecule has 0 amide bonds. The van der Waals surface area contributed by atoms with Gasteiger partial charge in [-0.2, -0.15) is 0 Å². The SMILES string of the molecule is CC(=O)O[C@H]1C[C@]2(O)C(COC(=O)C(OC(=O)CC(C)C)C(C)C)=CO[C@@H](OC(=O)CC(C)C)[C@@H]2[C@@]1(O)COC(=O)C(OC(=O)CC(C)C)C(C)C. The van der Waals surface area contributed by atoms with Crippen LogP contribution in [0.25, 0.3) is 0 Å². The summed E-state index contributed by atoms with van der Waals surface area (Å²) in [6.07, 6.45) is -5.32. The van der Waals surface area contributed by atoms with E-state index >= 15 is 0 Å². The molecule has 2 rings (SSSR count). The van der Waals surface area contributed by atoms with E-state index in [-0.39, 0.29) is 42.6 Å². The molecule has 1 heterocycles. The third kappa shape index (κ3) is 11.9. The van der Waals surface area contributed by atoms with E-state index in [1.165, 1.54) is 0 Å². The minimum atomic E-state index is -2.46. The lowest BCUT2D eigenvalue weighted by Gasteiger charge is -2.44. The van der Waals surface area contributed by atoms with Crippen LogP contribution in [0, 0.1) is 35.5 Å². The average molecular weight is 743 g/mol. The summed E-state index contributed by atoms with van der Waals surface area (Å²) in [4.78, 5) is 76.5. The zero-order valence-electron chi connectivity index (χ0n) is 32.3. The van der Waals surface area contributed by atoms with E-state index in [9.17, 15) is 39.0 Å². The van der Waals surface area contributed by atoms with E-state index < -0.39 is 109 Å². The van der Waals surface area contributed by atoms with Crippen molar-refractivity contribution in [3.63, 3.8) is 0 Å². The number of fused-ring (bicyclic) bond motifs is 1. The van der Waals surface area contributed by atoms with Crippen molar-refractivity contribution in [3.05, 3.63) is 11.8 Å². The Morgan fingerprint density at radius 2 is 1.19 bits per heavy atom. The van der Waals surface area contributed by atoms with Crippen molar-refractivity contribution in [1.29, 1.82) is 0 Å². The van der Waals surface area contributed by atoms with Crippen LogP contribution < -0.4 is 0 Å². The maximum absolute atomic E-state index is 13.3. The van der Waals surface area contributed by atoms with E-state index in [4.69, 9.17) is 33.2 Å². The molecule has 1 fully saturated rings. The standard InChI is InChI=1S/C37H58O15/c1-19(2)12-27(39)50-30(22(7)8)33(42)46-16-25-17-47-35(52-29(41)14-21(5)6)32-36(25,44)15-26(49-24(11)38)37(32,45)18-48-34(43)31(23(9)10)51-28(40)13-20(3)4/h17,19-23,26,30-32,35,44-45H,12-16,18H2,1-11H3/t26-,30?,31?,32-,35-,36-,37+/m0/s1. The Labute approximate surface area is 306 Å². The molecule has 0 aromatic carbocycles. The number of carbonyl (C=O) groups excluding carboxylic acids is 6. The average Bonchev–Trinajstić information content (AvgIpc) is 3.21. The van der Waals surface area contributed by atoms with Crippen molar-refractivity contribution in [2.24, 2.45) is 35.5 Å². The molecule has 1 aliphatic heterocycles. The molecule has 15 heteroatoms. The predicted molar refractivity (Wildman–Crippen MR) is 182 cm³/mol. The Morgan fingerprint density at radius 3 is 1.63 bits per heavy atom. The van der Waals surface area contributed by atoms with Gasteiger partial charge in [0.15, 0.2) is 0 Å². The molecule has 2 unspecified atom stereocenters. The third-order valence-electron chi connectivity index (χ3n) is 8.57. The molecule has 0 aromatic heterocycles. The maximum Gasteiger partial charge on any atom is 0.348 e. The molecular weight excluding hydrogens is 684 g/mol. The van der Waals surface area contributed by atoms with Gasteiger partial charge in [-0.3, -0.25) is 19.2 Å².